The Labute approximate surface area is 209 Å². The molecular weight excluding hydrogens is 454 g/mol. The average Bonchev–Trinajstić information content (AvgIpc) is 3.37. The summed E-state index contributed by atoms with van der Waals surface area (Å²) >= 11 is 0. The number of nitrogens with one attached hydrogen (secondary N) is 2. The van der Waals surface area contributed by atoms with Gasteiger partial charge >= 0.3 is 0 Å². The van der Waals surface area contributed by atoms with Gasteiger partial charge in [0, 0.05) is 17.8 Å². The highest BCUT2D eigenvalue weighted by Crippen LogP contribution is 2.38. The van der Waals surface area contributed by atoms with Crippen LogP contribution in [0.25, 0.3) is 0 Å². The zero-order valence-corrected chi connectivity index (χ0v) is 20.1. The van der Waals surface area contributed by atoms with Crippen molar-refractivity contribution in [2.75, 3.05) is 24.4 Å². The second kappa shape index (κ2) is 10.4. The van der Waals surface area contributed by atoms with E-state index in [0.29, 0.717) is 41.0 Å². The Bertz CT molecular complexity index is 1380. The van der Waals surface area contributed by atoms with Gasteiger partial charge in [-0.25, -0.2) is 4.68 Å². The molecule has 0 radical (unpaired) electrons. The fourth-order valence-corrected chi connectivity index (χ4v) is 4.31. The molecule has 0 bridgehead atoms. The molecule has 5 rings (SSSR count). The van der Waals surface area contributed by atoms with Crippen molar-refractivity contribution in [2.24, 2.45) is 0 Å². The highest BCUT2D eigenvalue weighted by atomic mass is 16.5. The van der Waals surface area contributed by atoms with Crippen molar-refractivity contribution < 1.29 is 14.3 Å². The topological polar surface area (TPSA) is 90.3 Å². The first-order chi connectivity index (χ1) is 17.6. The lowest BCUT2D eigenvalue weighted by molar-refractivity contribution is -0.113. The van der Waals surface area contributed by atoms with Crippen LogP contribution in [0.4, 0.5) is 11.6 Å². The molecule has 4 aromatic rings. The Balaban J connectivity index is 1.43. The van der Waals surface area contributed by atoms with Gasteiger partial charge in [-0.3, -0.25) is 4.79 Å². The molecule has 0 saturated carbocycles. The van der Waals surface area contributed by atoms with E-state index in [2.05, 4.69) is 32.8 Å². The van der Waals surface area contributed by atoms with Gasteiger partial charge in [0.25, 0.3) is 5.91 Å². The predicted molar refractivity (Wildman–Crippen MR) is 138 cm³/mol. The molecule has 8 heteroatoms. The lowest BCUT2D eigenvalue weighted by Crippen LogP contribution is -2.31. The third-order valence-corrected chi connectivity index (χ3v) is 6.07. The molecule has 1 amide bonds. The smallest absolute Gasteiger partial charge is 0.255 e. The summed E-state index contributed by atoms with van der Waals surface area (Å²) in [6, 6.07) is 24.8. The normalized spacial score (nSPS) is 14.6. The molecule has 0 saturated heterocycles. The van der Waals surface area contributed by atoms with Crippen LogP contribution in [0.5, 0.6) is 11.5 Å². The SMILES string of the molecule is COc1cc(C2C(C(=O)Nc3ccccc3)=C(C)Nc3ncnn32)ccc1OCCc1ccccc1. The number of nitrogens with zero attached hydrogens (tertiary/aromatic N) is 3. The summed E-state index contributed by atoms with van der Waals surface area (Å²) in [7, 11) is 1.61. The Kier molecular flexibility index (Phi) is 6.66. The fourth-order valence-electron chi connectivity index (χ4n) is 4.31. The number of methoxy groups -OCH3 is 1. The molecule has 1 atom stereocenters. The summed E-state index contributed by atoms with van der Waals surface area (Å²) in [5.41, 5.74) is 3.99. The number of aromatic nitrogens is 3. The van der Waals surface area contributed by atoms with Gasteiger partial charge in [0.05, 0.1) is 19.3 Å². The molecule has 1 unspecified atom stereocenters. The number of amides is 1. The number of allylic oxidation sites excluding steroid dienone is 1. The molecule has 8 nitrogen and oxygen atoms in total. The molecular formula is C28H27N5O3. The van der Waals surface area contributed by atoms with E-state index in [-0.39, 0.29) is 5.91 Å². The maximum Gasteiger partial charge on any atom is 0.255 e. The van der Waals surface area contributed by atoms with Crippen LogP contribution in [0.1, 0.15) is 24.1 Å². The minimum atomic E-state index is -0.500. The van der Waals surface area contributed by atoms with Gasteiger partial charge < -0.3 is 20.1 Å². The standard InChI is InChI=1S/C28H27N5O3/c1-19-25(27(34)32-22-11-7-4-8-12-22)26(33-28(31-19)29-18-30-33)21-13-14-23(24(17-21)35-2)36-16-15-20-9-5-3-6-10-20/h3-14,17-18,26H,15-16H2,1-2H3,(H,32,34)(H,29,30,31). The van der Waals surface area contributed by atoms with Crippen molar-refractivity contribution in [1.29, 1.82) is 0 Å². The minimum Gasteiger partial charge on any atom is -0.493 e. The molecule has 3 aromatic carbocycles. The van der Waals surface area contributed by atoms with Gasteiger partial charge in [0.15, 0.2) is 11.5 Å². The fraction of sp³-hybridized carbons (Fsp3) is 0.179. The maximum absolute atomic E-state index is 13.5. The lowest BCUT2D eigenvalue weighted by atomic mass is 9.94. The molecule has 0 spiro atoms. The Morgan fingerprint density at radius 2 is 1.78 bits per heavy atom. The van der Waals surface area contributed by atoms with Crippen LogP contribution in [0.3, 0.4) is 0 Å². The summed E-state index contributed by atoms with van der Waals surface area (Å²) in [5.74, 6) is 1.57. The van der Waals surface area contributed by atoms with Crippen LogP contribution in [-0.2, 0) is 11.2 Å². The summed E-state index contributed by atoms with van der Waals surface area (Å²) in [6.45, 7) is 2.38. The molecule has 36 heavy (non-hydrogen) atoms. The summed E-state index contributed by atoms with van der Waals surface area (Å²) in [4.78, 5) is 17.8. The molecule has 0 fully saturated rings. The first-order valence-corrected chi connectivity index (χ1v) is 11.7. The summed E-state index contributed by atoms with van der Waals surface area (Å²) in [6.07, 6.45) is 2.26. The van der Waals surface area contributed by atoms with E-state index < -0.39 is 6.04 Å². The maximum atomic E-state index is 13.5. The van der Waals surface area contributed by atoms with Crippen molar-refractivity contribution in [2.45, 2.75) is 19.4 Å². The molecule has 2 N–H and O–H groups in total. The Morgan fingerprint density at radius 1 is 1.03 bits per heavy atom. The number of anilines is 2. The van der Waals surface area contributed by atoms with Gasteiger partial charge in [0.1, 0.15) is 12.4 Å². The molecule has 1 aliphatic rings. The predicted octanol–water partition coefficient (Wildman–Crippen LogP) is 4.84. The zero-order valence-electron chi connectivity index (χ0n) is 20.1. The first kappa shape index (κ1) is 23.2. The second-order valence-electron chi connectivity index (χ2n) is 8.41. The molecule has 1 aliphatic heterocycles. The molecule has 0 aliphatic carbocycles. The number of para-hydroxylation sites is 1. The number of hydrogen-bond donors (Lipinski definition) is 2. The van der Waals surface area contributed by atoms with Crippen LogP contribution in [0.15, 0.2) is 96.5 Å². The quantitative estimate of drug-likeness (QED) is 0.374. The van der Waals surface area contributed by atoms with Gasteiger partial charge in [-0.15, -0.1) is 0 Å². The van der Waals surface area contributed by atoms with E-state index >= 15 is 0 Å². The number of hydrogen-bond acceptors (Lipinski definition) is 6. The highest BCUT2D eigenvalue weighted by molar-refractivity contribution is 6.06. The van der Waals surface area contributed by atoms with Gasteiger partial charge in [-0.05, 0) is 42.3 Å². The third kappa shape index (κ3) is 4.79. The highest BCUT2D eigenvalue weighted by Gasteiger charge is 2.34. The molecule has 182 valence electrons. The number of benzene rings is 3. The summed E-state index contributed by atoms with van der Waals surface area (Å²) < 4.78 is 13.4. The van der Waals surface area contributed by atoms with Crippen molar-refractivity contribution in [3.05, 3.63) is 108 Å². The Hall–Kier alpha value is -4.59. The zero-order chi connectivity index (χ0) is 24.9. The first-order valence-electron chi connectivity index (χ1n) is 11.7. The number of ether oxygens (including phenoxy) is 2. The minimum absolute atomic E-state index is 0.223. The van der Waals surface area contributed by atoms with Crippen LogP contribution < -0.4 is 20.1 Å². The number of rotatable bonds is 8. The van der Waals surface area contributed by atoms with E-state index in [9.17, 15) is 4.79 Å². The van der Waals surface area contributed by atoms with Crippen molar-refractivity contribution in [3.8, 4) is 11.5 Å². The van der Waals surface area contributed by atoms with E-state index in [1.807, 2.05) is 73.7 Å². The van der Waals surface area contributed by atoms with Crippen LogP contribution in [0, 0.1) is 0 Å². The van der Waals surface area contributed by atoms with E-state index in [1.54, 1.807) is 11.8 Å². The van der Waals surface area contributed by atoms with Crippen molar-refractivity contribution >= 4 is 17.5 Å². The van der Waals surface area contributed by atoms with E-state index in [1.165, 1.54) is 11.9 Å². The van der Waals surface area contributed by atoms with Crippen LogP contribution in [0.2, 0.25) is 0 Å². The van der Waals surface area contributed by atoms with Crippen LogP contribution >= 0.6 is 0 Å². The Morgan fingerprint density at radius 3 is 2.53 bits per heavy atom. The van der Waals surface area contributed by atoms with Crippen molar-refractivity contribution in [1.82, 2.24) is 14.8 Å². The van der Waals surface area contributed by atoms with Gasteiger partial charge in [-0.2, -0.15) is 10.1 Å². The van der Waals surface area contributed by atoms with E-state index in [0.717, 1.165) is 12.0 Å². The average molecular weight is 482 g/mol. The second-order valence-corrected chi connectivity index (χ2v) is 8.41. The van der Waals surface area contributed by atoms with Gasteiger partial charge in [-0.1, -0.05) is 54.6 Å². The lowest BCUT2D eigenvalue weighted by Gasteiger charge is -2.29. The van der Waals surface area contributed by atoms with Crippen molar-refractivity contribution in [3.63, 3.8) is 0 Å². The van der Waals surface area contributed by atoms with Gasteiger partial charge in [0.2, 0.25) is 5.95 Å². The monoisotopic (exact) mass is 481 g/mol. The van der Waals surface area contributed by atoms with Crippen LogP contribution in [-0.4, -0.2) is 34.4 Å². The summed E-state index contributed by atoms with van der Waals surface area (Å²) in [5, 5.41) is 10.6. The third-order valence-electron chi connectivity index (χ3n) is 6.07. The largest absolute Gasteiger partial charge is 0.493 e. The number of fused-ring (bicyclic) bond motifs is 1. The molecule has 1 aromatic heterocycles. The van der Waals surface area contributed by atoms with E-state index in [4.69, 9.17) is 9.47 Å². The number of carbonyl (C=O) groups is 1. The molecule has 2 heterocycles. The number of carbonyl (C=O) groups excluding carboxylic acids is 1.